The Morgan fingerprint density at radius 2 is 1.78 bits per heavy atom. The highest BCUT2D eigenvalue weighted by molar-refractivity contribution is 8.00. The molecule has 94 valence electrons. The van der Waals surface area contributed by atoms with Gasteiger partial charge in [0.1, 0.15) is 0 Å². The molecule has 0 atom stereocenters. The molecule has 18 heavy (non-hydrogen) atoms. The molecular weight excluding hydrogens is 258 g/mol. The Morgan fingerprint density at radius 3 is 2.39 bits per heavy atom. The number of hydrogen-bond acceptors (Lipinski definition) is 3. The van der Waals surface area contributed by atoms with Crippen LogP contribution in [0, 0.1) is 0 Å². The Balaban J connectivity index is 1.72. The zero-order valence-corrected chi connectivity index (χ0v) is 11.9. The molecular formula is C15H17NS2. The molecule has 1 aliphatic carbocycles. The first-order valence-electron chi connectivity index (χ1n) is 6.42. The second kappa shape index (κ2) is 5.37. The smallest absolute Gasteiger partial charge is 0.0862 e. The molecule has 0 spiro atoms. The van der Waals surface area contributed by atoms with Crippen molar-refractivity contribution in [2.75, 3.05) is 5.73 Å². The van der Waals surface area contributed by atoms with Crippen LogP contribution in [0.1, 0.15) is 25.7 Å². The summed E-state index contributed by atoms with van der Waals surface area (Å²) in [6.45, 7) is 0. The molecule has 3 rings (SSSR count). The highest BCUT2D eigenvalue weighted by atomic mass is 32.2. The highest BCUT2D eigenvalue weighted by Gasteiger charge is 2.15. The van der Waals surface area contributed by atoms with Crippen LogP contribution in [0.15, 0.2) is 40.6 Å². The molecule has 1 fully saturated rings. The van der Waals surface area contributed by atoms with Crippen molar-refractivity contribution in [1.82, 2.24) is 0 Å². The van der Waals surface area contributed by atoms with Gasteiger partial charge in [-0.25, -0.2) is 0 Å². The predicted octanol–water partition coefficient (Wildman–Crippen LogP) is 5.03. The van der Waals surface area contributed by atoms with Gasteiger partial charge in [-0.1, -0.05) is 25.0 Å². The van der Waals surface area contributed by atoms with Crippen LogP contribution in [-0.2, 0) is 0 Å². The van der Waals surface area contributed by atoms with E-state index in [1.165, 1.54) is 41.7 Å². The van der Waals surface area contributed by atoms with Crippen molar-refractivity contribution in [3.05, 3.63) is 35.7 Å². The van der Waals surface area contributed by atoms with E-state index in [1.54, 1.807) is 11.3 Å². The third-order valence-corrected chi connectivity index (χ3v) is 5.52. The zero-order valence-electron chi connectivity index (χ0n) is 10.3. The molecule has 1 heterocycles. The quantitative estimate of drug-likeness (QED) is 0.850. The molecule has 0 radical (unpaired) electrons. The highest BCUT2D eigenvalue weighted by Crippen LogP contribution is 2.35. The lowest BCUT2D eigenvalue weighted by Crippen LogP contribution is -1.92. The summed E-state index contributed by atoms with van der Waals surface area (Å²) in [5.41, 5.74) is 8.26. The summed E-state index contributed by atoms with van der Waals surface area (Å²) < 4.78 is 0. The van der Waals surface area contributed by atoms with Crippen LogP contribution < -0.4 is 5.73 Å². The van der Waals surface area contributed by atoms with Crippen molar-refractivity contribution in [1.29, 1.82) is 0 Å². The molecule has 0 bridgehead atoms. The Hall–Kier alpha value is -0.930. The van der Waals surface area contributed by atoms with E-state index in [4.69, 9.17) is 5.73 Å². The second-order valence-electron chi connectivity index (χ2n) is 4.79. The Morgan fingerprint density at radius 1 is 1.06 bits per heavy atom. The SMILES string of the molecule is Nc1cc(-c2ccc(SC3CCCC3)cc2)cs1. The molecule has 0 saturated heterocycles. The molecule has 0 amide bonds. The standard InChI is InChI=1S/C15H17NS2/c16-15-9-12(10-17-15)11-5-7-14(8-6-11)18-13-3-1-2-4-13/h5-10,13H,1-4,16H2. The summed E-state index contributed by atoms with van der Waals surface area (Å²) >= 11 is 3.64. The normalized spacial score (nSPS) is 16.2. The van der Waals surface area contributed by atoms with E-state index in [0.29, 0.717) is 0 Å². The summed E-state index contributed by atoms with van der Waals surface area (Å²) in [7, 11) is 0. The van der Waals surface area contributed by atoms with Crippen molar-refractivity contribution in [3.8, 4) is 11.1 Å². The monoisotopic (exact) mass is 275 g/mol. The minimum absolute atomic E-state index is 0.840. The molecule has 2 N–H and O–H groups in total. The number of anilines is 1. The minimum atomic E-state index is 0.840. The Bertz CT molecular complexity index is 510. The van der Waals surface area contributed by atoms with E-state index in [9.17, 15) is 0 Å². The van der Waals surface area contributed by atoms with Crippen molar-refractivity contribution >= 4 is 28.1 Å². The molecule has 0 aliphatic heterocycles. The first-order chi connectivity index (χ1) is 8.81. The number of benzene rings is 1. The molecule has 1 nitrogen and oxygen atoms in total. The first kappa shape index (κ1) is 12.1. The van der Waals surface area contributed by atoms with Gasteiger partial charge in [0.25, 0.3) is 0 Å². The molecule has 1 saturated carbocycles. The summed E-state index contributed by atoms with van der Waals surface area (Å²) in [6.07, 6.45) is 5.58. The maximum absolute atomic E-state index is 5.77. The third kappa shape index (κ3) is 2.73. The molecule has 2 aromatic rings. The average molecular weight is 275 g/mol. The molecule has 0 unspecified atom stereocenters. The summed E-state index contributed by atoms with van der Waals surface area (Å²) in [5, 5.41) is 3.84. The Labute approximate surface area is 116 Å². The topological polar surface area (TPSA) is 26.0 Å². The lowest BCUT2D eigenvalue weighted by molar-refractivity contribution is 0.886. The van der Waals surface area contributed by atoms with E-state index in [1.807, 2.05) is 17.8 Å². The maximum atomic E-state index is 5.77. The third-order valence-electron chi connectivity index (χ3n) is 3.41. The molecule has 3 heteroatoms. The molecule has 1 aliphatic rings. The van der Waals surface area contributed by atoms with Gasteiger partial charge in [-0.2, -0.15) is 0 Å². The van der Waals surface area contributed by atoms with Crippen LogP contribution in [0.3, 0.4) is 0 Å². The number of nitrogens with two attached hydrogens (primary N) is 1. The average Bonchev–Trinajstić information content (AvgIpc) is 3.02. The largest absolute Gasteiger partial charge is 0.391 e. The van der Waals surface area contributed by atoms with E-state index in [0.717, 1.165) is 10.3 Å². The fourth-order valence-electron chi connectivity index (χ4n) is 2.43. The van der Waals surface area contributed by atoms with Crippen LogP contribution in [0.25, 0.3) is 11.1 Å². The molecule has 1 aromatic heterocycles. The lowest BCUT2D eigenvalue weighted by atomic mass is 10.1. The van der Waals surface area contributed by atoms with Crippen LogP contribution in [0.5, 0.6) is 0 Å². The van der Waals surface area contributed by atoms with Crippen molar-refractivity contribution in [3.63, 3.8) is 0 Å². The van der Waals surface area contributed by atoms with Gasteiger partial charge in [0.15, 0.2) is 0 Å². The van der Waals surface area contributed by atoms with Crippen LogP contribution in [0.4, 0.5) is 5.00 Å². The van der Waals surface area contributed by atoms with Crippen molar-refractivity contribution in [2.45, 2.75) is 35.8 Å². The number of thiophene rings is 1. The van der Waals surface area contributed by atoms with E-state index in [2.05, 4.69) is 29.6 Å². The van der Waals surface area contributed by atoms with Gasteiger partial charge in [-0.3, -0.25) is 0 Å². The minimum Gasteiger partial charge on any atom is -0.391 e. The maximum Gasteiger partial charge on any atom is 0.0862 e. The summed E-state index contributed by atoms with van der Waals surface area (Å²) in [6, 6.07) is 10.9. The van der Waals surface area contributed by atoms with Crippen LogP contribution >= 0.6 is 23.1 Å². The Kier molecular flexibility index (Phi) is 3.62. The number of nitrogen functional groups attached to an aromatic ring is 1. The van der Waals surface area contributed by atoms with Gasteiger partial charge < -0.3 is 5.73 Å². The summed E-state index contributed by atoms with van der Waals surface area (Å²) in [5.74, 6) is 0. The van der Waals surface area contributed by atoms with Gasteiger partial charge >= 0.3 is 0 Å². The van der Waals surface area contributed by atoms with Crippen LogP contribution in [0.2, 0.25) is 0 Å². The van der Waals surface area contributed by atoms with E-state index >= 15 is 0 Å². The van der Waals surface area contributed by atoms with Crippen molar-refractivity contribution in [2.24, 2.45) is 0 Å². The fraction of sp³-hybridized carbons (Fsp3) is 0.333. The number of rotatable bonds is 3. The fourth-order valence-corrected chi connectivity index (χ4v) is 4.34. The van der Waals surface area contributed by atoms with Crippen molar-refractivity contribution < 1.29 is 0 Å². The van der Waals surface area contributed by atoms with Gasteiger partial charge in [0, 0.05) is 15.5 Å². The van der Waals surface area contributed by atoms with Gasteiger partial charge in [0.2, 0.25) is 0 Å². The predicted molar refractivity (Wildman–Crippen MR) is 82.3 cm³/mol. The summed E-state index contributed by atoms with van der Waals surface area (Å²) in [4.78, 5) is 1.40. The zero-order chi connectivity index (χ0) is 12.4. The van der Waals surface area contributed by atoms with E-state index in [-0.39, 0.29) is 0 Å². The van der Waals surface area contributed by atoms with E-state index < -0.39 is 0 Å². The van der Waals surface area contributed by atoms with Gasteiger partial charge in [-0.05, 0) is 42.2 Å². The number of hydrogen-bond donors (Lipinski definition) is 1. The lowest BCUT2D eigenvalue weighted by Gasteiger charge is -2.08. The first-order valence-corrected chi connectivity index (χ1v) is 8.18. The van der Waals surface area contributed by atoms with Gasteiger partial charge in [-0.15, -0.1) is 23.1 Å². The second-order valence-corrected chi connectivity index (χ2v) is 7.10. The van der Waals surface area contributed by atoms with Crippen LogP contribution in [-0.4, -0.2) is 5.25 Å². The van der Waals surface area contributed by atoms with Gasteiger partial charge in [0.05, 0.1) is 5.00 Å². The molecule has 1 aromatic carbocycles. The number of thioether (sulfide) groups is 1.